The molecule has 0 bridgehead atoms. The number of likely N-dealkylation sites (tertiary alicyclic amines) is 1. The summed E-state index contributed by atoms with van der Waals surface area (Å²) in [6.07, 6.45) is 6.98. The topological polar surface area (TPSA) is 49.4 Å². The number of hydrogen-bond donors (Lipinski definition) is 1. The summed E-state index contributed by atoms with van der Waals surface area (Å²) in [5, 5.41) is 3.10. The molecule has 1 aromatic rings. The Morgan fingerprint density at radius 2 is 1.96 bits per heavy atom. The van der Waals surface area contributed by atoms with Gasteiger partial charge in [-0.15, -0.1) is 0 Å². The lowest BCUT2D eigenvalue weighted by molar-refractivity contribution is -0.153. The quantitative estimate of drug-likeness (QED) is 0.863. The lowest BCUT2D eigenvalue weighted by Gasteiger charge is -2.53. The second kappa shape index (κ2) is 6.33. The van der Waals surface area contributed by atoms with Crippen LogP contribution in [0.15, 0.2) is 24.3 Å². The van der Waals surface area contributed by atoms with Crippen LogP contribution in [0.5, 0.6) is 0 Å². The SMILES string of the molecule is CC(C)c1cccc(C2CCC3(C2)CN(C(=O)[C@H]2C[C@]4(CCC(=O)N4)C2)C3)c1. The molecule has 1 unspecified atom stereocenters. The largest absolute Gasteiger partial charge is 0.351 e. The van der Waals surface area contributed by atoms with Crippen LogP contribution in [-0.4, -0.2) is 35.3 Å². The van der Waals surface area contributed by atoms with Crippen molar-refractivity contribution in [1.29, 1.82) is 0 Å². The van der Waals surface area contributed by atoms with Crippen LogP contribution in [0, 0.1) is 11.3 Å². The molecule has 2 aliphatic heterocycles. The maximum Gasteiger partial charge on any atom is 0.225 e. The third-order valence-corrected chi connectivity index (χ3v) is 7.97. The van der Waals surface area contributed by atoms with Crippen LogP contribution >= 0.6 is 0 Å². The second-order valence-electron chi connectivity index (χ2n) is 10.4. The van der Waals surface area contributed by atoms with Gasteiger partial charge in [-0.25, -0.2) is 0 Å². The minimum absolute atomic E-state index is 0.0418. The number of carbonyl (C=O) groups is 2. The van der Waals surface area contributed by atoms with Gasteiger partial charge in [-0.2, -0.15) is 0 Å². The summed E-state index contributed by atoms with van der Waals surface area (Å²) in [6.45, 7) is 6.41. The van der Waals surface area contributed by atoms with E-state index in [1.54, 1.807) is 0 Å². The van der Waals surface area contributed by atoms with Gasteiger partial charge in [-0.3, -0.25) is 9.59 Å². The fraction of sp³-hybridized carbons (Fsp3) is 0.667. The van der Waals surface area contributed by atoms with Crippen molar-refractivity contribution in [1.82, 2.24) is 10.2 Å². The van der Waals surface area contributed by atoms with Crippen molar-refractivity contribution in [3.05, 3.63) is 35.4 Å². The molecule has 2 spiro atoms. The van der Waals surface area contributed by atoms with E-state index in [1.165, 1.54) is 30.4 Å². The molecule has 2 heterocycles. The molecule has 150 valence electrons. The number of nitrogens with zero attached hydrogens (tertiary/aromatic N) is 1. The summed E-state index contributed by atoms with van der Waals surface area (Å²) < 4.78 is 0. The van der Waals surface area contributed by atoms with Gasteiger partial charge in [-0.1, -0.05) is 38.1 Å². The Balaban J connectivity index is 1.16. The zero-order valence-corrected chi connectivity index (χ0v) is 17.2. The second-order valence-corrected chi connectivity index (χ2v) is 10.4. The number of carbonyl (C=O) groups excluding carboxylic acids is 2. The van der Waals surface area contributed by atoms with Crippen molar-refractivity contribution in [2.75, 3.05) is 13.1 Å². The number of nitrogens with one attached hydrogen (secondary N) is 1. The minimum atomic E-state index is -0.0418. The predicted octanol–water partition coefficient (Wildman–Crippen LogP) is 3.96. The van der Waals surface area contributed by atoms with Crippen LogP contribution in [0.1, 0.15) is 81.8 Å². The molecule has 4 fully saturated rings. The Hall–Kier alpha value is -1.84. The number of rotatable bonds is 3. The summed E-state index contributed by atoms with van der Waals surface area (Å²) in [6, 6.07) is 9.14. The first-order chi connectivity index (χ1) is 13.4. The summed E-state index contributed by atoms with van der Waals surface area (Å²) >= 11 is 0. The first-order valence-corrected chi connectivity index (χ1v) is 11.1. The van der Waals surface area contributed by atoms with Gasteiger partial charge in [0.15, 0.2) is 0 Å². The van der Waals surface area contributed by atoms with Gasteiger partial charge < -0.3 is 10.2 Å². The van der Waals surface area contributed by atoms with Crippen LogP contribution in [0.3, 0.4) is 0 Å². The fourth-order valence-electron chi connectivity index (χ4n) is 6.27. The maximum atomic E-state index is 12.9. The monoisotopic (exact) mass is 380 g/mol. The number of hydrogen-bond acceptors (Lipinski definition) is 2. The summed E-state index contributed by atoms with van der Waals surface area (Å²) in [5.74, 6) is 1.85. The van der Waals surface area contributed by atoms with E-state index in [1.807, 2.05) is 0 Å². The van der Waals surface area contributed by atoms with Crippen LogP contribution in [0.4, 0.5) is 0 Å². The van der Waals surface area contributed by atoms with Crippen molar-refractivity contribution in [2.45, 2.75) is 76.2 Å². The van der Waals surface area contributed by atoms with Gasteiger partial charge in [0.05, 0.1) is 0 Å². The smallest absolute Gasteiger partial charge is 0.225 e. The first-order valence-electron chi connectivity index (χ1n) is 11.1. The van der Waals surface area contributed by atoms with Gasteiger partial charge in [-0.05, 0) is 61.5 Å². The summed E-state index contributed by atoms with van der Waals surface area (Å²) in [7, 11) is 0. The van der Waals surface area contributed by atoms with Gasteiger partial charge in [0.1, 0.15) is 0 Å². The van der Waals surface area contributed by atoms with E-state index in [9.17, 15) is 9.59 Å². The van der Waals surface area contributed by atoms with E-state index >= 15 is 0 Å². The summed E-state index contributed by atoms with van der Waals surface area (Å²) in [5.41, 5.74) is 3.24. The van der Waals surface area contributed by atoms with Crippen LogP contribution in [-0.2, 0) is 9.59 Å². The lowest BCUT2D eigenvalue weighted by atomic mass is 9.66. The molecule has 2 aliphatic carbocycles. The molecule has 1 aromatic carbocycles. The molecule has 1 N–H and O–H groups in total. The number of amides is 2. The van der Waals surface area contributed by atoms with Crippen LogP contribution in [0.25, 0.3) is 0 Å². The van der Waals surface area contributed by atoms with Gasteiger partial charge in [0.2, 0.25) is 11.8 Å². The predicted molar refractivity (Wildman–Crippen MR) is 109 cm³/mol. The fourth-order valence-corrected chi connectivity index (χ4v) is 6.27. The number of benzene rings is 1. The lowest BCUT2D eigenvalue weighted by Crippen LogP contribution is -2.63. The van der Waals surface area contributed by atoms with Crippen LogP contribution < -0.4 is 5.32 Å². The zero-order valence-electron chi connectivity index (χ0n) is 17.2. The van der Waals surface area contributed by atoms with E-state index < -0.39 is 0 Å². The van der Waals surface area contributed by atoms with Crippen molar-refractivity contribution < 1.29 is 9.59 Å². The molecular weight excluding hydrogens is 348 g/mol. The molecule has 5 rings (SSSR count). The molecule has 4 heteroatoms. The molecule has 4 nitrogen and oxygen atoms in total. The molecule has 1 atom stereocenters. The molecular formula is C24H32N2O2. The maximum absolute atomic E-state index is 12.9. The average molecular weight is 381 g/mol. The molecule has 28 heavy (non-hydrogen) atoms. The Labute approximate surface area is 168 Å². The highest BCUT2D eigenvalue weighted by atomic mass is 16.2. The first kappa shape index (κ1) is 18.2. The molecule has 0 aromatic heterocycles. The molecule has 2 saturated carbocycles. The van der Waals surface area contributed by atoms with E-state index in [0.717, 1.165) is 32.4 Å². The molecule has 0 radical (unpaired) electrons. The molecule has 2 saturated heterocycles. The van der Waals surface area contributed by atoms with Crippen molar-refractivity contribution in [2.24, 2.45) is 11.3 Å². The third-order valence-electron chi connectivity index (χ3n) is 7.97. The summed E-state index contributed by atoms with van der Waals surface area (Å²) in [4.78, 5) is 26.5. The highest BCUT2D eigenvalue weighted by molar-refractivity contribution is 5.84. The van der Waals surface area contributed by atoms with Gasteiger partial charge >= 0.3 is 0 Å². The van der Waals surface area contributed by atoms with Crippen molar-refractivity contribution in [3.8, 4) is 0 Å². The Bertz CT molecular complexity index is 803. The third kappa shape index (κ3) is 2.96. The highest BCUT2D eigenvalue weighted by Gasteiger charge is 2.55. The van der Waals surface area contributed by atoms with Crippen molar-refractivity contribution >= 4 is 11.8 Å². The van der Waals surface area contributed by atoms with E-state index in [-0.39, 0.29) is 17.4 Å². The highest BCUT2D eigenvalue weighted by Crippen LogP contribution is 2.53. The van der Waals surface area contributed by atoms with E-state index in [0.29, 0.717) is 29.6 Å². The van der Waals surface area contributed by atoms with Crippen LogP contribution in [0.2, 0.25) is 0 Å². The van der Waals surface area contributed by atoms with Gasteiger partial charge in [0.25, 0.3) is 0 Å². The molecule has 4 aliphatic rings. The Kier molecular flexibility index (Phi) is 4.12. The Morgan fingerprint density at radius 1 is 1.18 bits per heavy atom. The zero-order chi connectivity index (χ0) is 19.5. The normalized spacial score (nSPS) is 33.2. The minimum Gasteiger partial charge on any atom is -0.351 e. The van der Waals surface area contributed by atoms with E-state index in [4.69, 9.17) is 0 Å². The van der Waals surface area contributed by atoms with E-state index in [2.05, 4.69) is 48.3 Å². The Morgan fingerprint density at radius 3 is 2.64 bits per heavy atom. The average Bonchev–Trinajstić information content (AvgIpc) is 3.23. The standard InChI is InChI=1S/C24H32N2O2/c1-16(2)17-4-3-5-18(10-17)19-6-8-23(11-19)14-26(15-23)22(28)20-12-24(13-20)9-7-21(27)25-24/h3-5,10,16,19-20H,6-9,11-15H2,1-2H3,(H,25,27)/t19?,20-,24+. The van der Waals surface area contributed by atoms with Gasteiger partial charge in [0, 0.05) is 36.4 Å². The molecule has 2 amide bonds. The van der Waals surface area contributed by atoms with Crippen molar-refractivity contribution in [3.63, 3.8) is 0 Å².